The average Bonchev–Trinajstić information content (AvgIpc) is 2.83. The molecule has 21 heavy (non-hydrogen) atoms. The molecule has 0 aliphatic rings. The fraction of sp³-hybridized carbons (Fsp3) is 0.250. The molecule has 1 aromatic heterocycles. The molecule has 0 spiro atoms. The normalized spacial score (nSPS) is 10.3. The Bertz CT molecular complexity index is 685. The van der Waals surface area contributed by atoms with Crippen molar-refractivity contribution in [2.75, 3.05) is 12.3 Å². The first kappa shape index (κ1) is 14.9. The van der Waals surface area contributed by atoms with Gasteiger partial charge in [0.25, 0.3) is 11.6 Å². The van der Waals surface area contributed by atoms with Crippen molar-refractivity contribution in [1.82, 2.24) is 15.5 Å². The minimum atomic E-state index is -0.475. The monoisotopic (exact) mass is 307 g/mol. The quantitative estimate of drug-likeness (QED) is 0.634. The van der Waals surface area contributed by atoms with Crippen molar-refractivity contribution >= 4 is 28.1 Å². The van der Waals surface area contributed by atoms with E-state index in [4.69, 9.17) is 5.73 Å². The molecule has 110 valence electrons. The third-order valence-electron chi connectivity index (χ3n) is 2.76. The van der Waals surface area contributed by atoms with E-state index in [1.165, 1.54) is 29.5 Å². The van der Waals surface area contributed by atoms with Gasteiger partial charge in [-0.25, -0.2) is 0 Å². The number of benzene rings is 1. The Hall–Kier alpha value is -2.55. The highest BCUT2D eigenvalue weighted by Gasteiger charge is 2.13. The van der Waals surface area contributed by atoms with Crippen LogP contribution in [0.15, 0.2) is 18.2 Å². The summed E-state index contributed by atoms with van der Waals surface area (Å²) in [7, 11) is 0. The fourth-order valence-corrected chi connectivity index (χ4v) is 2.36. The van der Waals surface area contributed by atoms with Gasteiger partial charge in [0.2, 0.25) is 5.13 Å². The maximum atomic E-state index is 11.9. The predicted octanol–water partition coefficient (Wildman–Crippen LogP) is 1.31. The van der Waals surface area contributed by atoms with Crippen LogP contribution in [0.1, 0.15) is 20.9 Å². The summed E-state index contributed by atoms with van der Waals surface area (Å²) in [5.41, 5.74) is 6.29. The molecule has 2 aromatic rings. The molecule has 1 heterocycles. The zero-order valence-electron chi connectivity index (χ0n) is 11.2. The fourth-order valence-electron chi connectivity index (χ4n) is 1.75. The zero-order chi connectivity index (χ0) is 15.4. The number of rotatable bonds is 5. The number of amides is 1. The molecule has 0 radical (unpaired) electrons. The van der Waals surface area contributed by atoms with E-state index in [9.17, 15) is 14.9 Å². The molecule has 0 atom stereocenters. The van der Waals surface area contributed by atoms with Crippen molar-refractivity contribution in [3.05, 3.63) is 44.4 Å². The van der Waals surface area contributed by atoms with E-state index in [2.05, 4.69) is 15.5 Å². The van der Waals surface area contributed by atoms with E-state index in [0.29, 0.717) is 29.2 Å². The van der Waals surface area contributed by atoms with Gasteiger partial charge in [0.1, 0.15) is 5.01 Å². The van der Waals surface area contributed by atoms with Gasteiger partial charge in [-0.2, -0.15) is 0 Å². The molecule has 0 saturated heterocycles. The minimum absolute atomic E-state index is 0.00381. The predicted molar refractivity (Wildman–Crippen MR) is 78.2 cm³/mol. The molecule has 1 amide bonds. The number of anilines is 1. The van der Waals surface area contributed by atoms with Gasteiger partial charge in [0, 0.05) is 30.2 Å². The topological polar surface area (TPSA) is 124 Å². The lowest BCUT2D eigenvalue weighted by Crippen LogP contribution is -2.25. The summed E-state index contributed by atoms with van der Waals surface area (Å²) in [6.07, 6.45) is 0.534. The van der Waals surface area contributed by atoms with Crippen LogP contribution >= 0.6 is 11.3 Å². The third kappa shape index (κ3) is 3.72. The molecule has 3 N–H and O–H groups in total. The number of aromatic nitrogens is 2. The molecule has 0 bridgehead atoms. The highest BCUT2D eigenvalue weighted by atomic mass is 32.1. The second-order valence-electron chi connectivity index (χ2n) is 4.30. The number of nitrogens with zero attached hydrogens (tertiary/aromatic N) is 3. The molecule has 0 aliphatic heterocycles. The maximum absolute atomic E-state index is 11.9. The number of aryl methyl sites for hydroxylation is 1. The van der Waals surface area contributed by atoms with Gasteiger partial charge in [-0.15, -0.1) is 10.2 Å². The van der Waals surface area contributed by atoms with Crippen LogP contribution in [-0.2, 0) is 6.42 Å². The summed E-state index contributed by atoms with van der Waals surface area (Å²) in [6.45, 7) is 1.99. The second-order valence-corrected chi connectivity index (χ2v) is 5.39. The van der Waals surface area contributed by atoms with Crippen LogP contribution in [0.2, 0.25) is 0 Å². The van der Waals surface area contributed by atoms with Gasteiger partial charge in [0.05, 0.1) is 4.92 Å². The molecule has 9 heteroatoms. The molecular formula is C12H13N5O3S. The van der Waals surface area contributed by atoms with Gasteiger partial charge >= 0.3 is 0 Å². The number of nitro groups is 1. The number of carbonyl (C=O) groups excluding carboxylic acids is 1. The molecule has 0 unspecified atom stereocenters. The highest BCUT2D eigenvalue weighted by molar-refractivity contribution is 7.15. The molecular weight excluding hydrogens is 294 g/mol. The van der Waals surface area contributed by atoms with Gasteiger partial charge < -0.3 is 11.1 Å². The van der Waals surface area contributed by atoms with Crippen LogP contribution in [0.5, 0.6) is 0 Å². The third-order valence-corrected chi connectivity index (χ3v) is 3.57. The summed E-state index contributed by atoms with van der Waals surface area (Å²) in [4.78, 5) is 22.2. The van der Waals surface area contributed by atoms with Crippen LogP contribution in [-0.4, -0.2) is 27.6 Å². The van der Waals surface area contributed by atoms with Crippen LogP contribution in [0.3, 0.4) is 0 Å². The Labute approximate surface area is 124 Å². The van der Waals surface area contributed by atoms with E-state index in [-0.39, 0.29) is 11.6 Å². The van der Waals surface area contributed by atoms with Crippen molar-refractivity contribution < 1.29 is 9.72 Å². The number of nitro benzene ring substituents is 1. The van der Waals surface area contributed by atoms with Crippen LogP contribution < -0.4 is 11.1 Å². The number of nitrogen functional groups attached to an aromatic ring is 1. The number of nitrogens with one attached hydrogen (secondary N) is 1. The lowest BCUT2D eigenvalue weighted by atomic mass is 10.1. The smallest absolute Gasteiger partial charge is 0.272 e. The van der Waals surface area contributed by atoms with E-state index in [1.807, 2.05) is 0 Å². The van der Waals surface area contributed by atoms with Gasteiger partial charge in [-0.3, -0.25) is 14.9 Å². The molecule has 2 rings (SSSR count). The van der Waals surface area contributed by atoms with Crippen molar-refractivity contribution in [3.8, 4) is 0 Å². The summed E-state index contributed by atoms with van der Waals surface area (Å²) in [6, 6.07) is 4.26. The Morgan fingerprint density at radius 2 is 2.24 bits per heavy atom. The average molecular weight is 307 g/mol. The SMILES string of the molecule is Cc1cc(C(=O)NCCc2nnc(N)s2)ccc1[N+](=O)[O-]. The minimum Gasteiger partial charge on any atom is -0.374 e. The van der Waals surface area contributed by atoms with Crippen LogP contribution in [0.4, 0.5) is 10.8 Å². The van der Waals surface area contributed by atoms with E-state index in [1.54, 1.807) is 6.92 Å². The molecule has 0 fully saturated rings. The number of nitrogens with two attached hydrogens (primary N) is 1. The zero-order valence-corrected chi connectivity index (χ0v) is 12.0. The van der Waals surface area contributed by atoms with Crippen molar-refractivity contribution in [2.24, 2.45) is 0 Å². The van der Waals surface area contributed by atoms with Crippen molar-refractivity contribution in [3.63, 3.8) is 0 Å². The van der Waals surface area contributed by atoms with Crippen molar-refractivity contribution in [2.45, 2.75) is 13.3 Å². The van der Waals surface area contributed by atoms with Crippen LogP contribution in [0, 0.1) is 17.0 Å². The number of carbonyl (C=O) groups is 1. The van der Waals surface area contributed by atoms with E-state index in [0.717, 1.165) is 5.01 Å². The standard InChI is InChI=1S/C12H13N5O3S/c1-7-6-8(2-3-9(7)17(19)20)11(18)14-5-4-10-15-16-12(13)21-10/h2-3,6H,4-5H2,1H3,(H2,13,16)(H,14,18). The molecule has 0 aliphatic carbocycles. The lowest BCUT2D eigenvalue weighted by Gasteiger charge is -2.05. The molecule has 1 aromatic carbocycles. The van der Waals surface area contributed by atoms with Gasteiger partial charge in [-0.1, -0.05) is 11.3 Å². The Morgan fingerprint density at radius 1 is 1.48 bits per heavy atom. The maximum Gasteiger partial charge on any atom is 0.272 e. The summed E-state index contributed by atoms with van der Waals surface area (Å²) in [5, 5.41) is 22.1. The van der Waals surface area contributed by atoms with Crippen LogP contribution in [0.25, 0.3) is 0 Å². The number of hydrogen-bond acceptors (Lipinski definition) is 7. The summed E-state index contributed by atoms with van der Waals surface area (Å²) < 4.78 is 0. The first-order chi connectivity index (χ1) is 9.97. The first-order valence-corrected chi connectivity index (χ1v) is 6.90. The number of hydrogen-bond donors (Lipinski definition) is 2. The first-order valence-electron chi connectivity index (χ1n) is 6.08. The highest BCUT2D eigenvalue weighted by Crippen LogP contribution is 2.18. The molecule has 0 saturated carbocycles. The summed E-state index contributed by atoms with van der Waals surface area (Å²) >= 11 is 1.27. The Kier molecular flexibility index (Phi) is 4.43. The lowest BCUT2D eigenvalue weighted by molar-refractivity contribution is -0.385. The van der Waals surface area contributed by atoms with Gasteiger partial charge in [0.15, 0.2) is 0 Å². The largest absolute Gasteiger partial charge is 0.374 e. The van der Waals surface area contributed by atoms with Crippen molar-refractivity contribution in [1.29, 1.82) is 0 Å². The second kappa shape index (κ2) is 6.27. The molecule has 8 nitrogen and oxygen atoms in total. The van der Waals surface area contributed by atoms with E-state index < -0.39 is 4.92 Å². The Balaban J connectivity index is 1.94. The Morgan fingerprint density at radius 3 is 2.81 bits per heavy atom. The van der Waals surface area contributed by atoms with Gasteiger partial charge in [-0.05, 0) is 19.1 Å². The van der Waals surface area contributed by atoms with E-state index >= 15 is 0 Å². The summed E-state index contributed by atoms with van der Waals surface area (Å²) in [5.74, 6) is -0.287.